The van der Waals surface area contributed by atoms with Crippen molar-refractivity contribution in [1.29, 1.82) is 0 Å². The first-order valence-corrected chi connectivity index (χ1v) is 9.45. The molecule has 0 saturated carbocycles. The zero-order valence-corrected chi connectivity index (χ0v) is 17.0. The quantitative estimate of drug-likeness (QED) is 0.599. The van der Waals surface area contributed by atoms with Crippen molar-refractivity contribution in [3.05, 3.63) is 76.6 Å². The molecule has 0 spiro atoms. The predicted octanol–water partition coefficient (Wildman–Crippen LogP) is 5.65. The molecule has 3 rings (SSSR count). The van der Waals surface area contributed by atoms with Crippen LogP contribution >= 0.6 is 11.6 Å². The maximum atomic E-state index is 6.01. The molecule has 4 nitrogen and oxygen atoms in total. The molecule has 5 heteroatoms. The van der Waals surface area contributed by atoms with Crippen LogP contribution in [0.4, 0.5) is 17.3 Å². The maximum absolute atomic E-state index is 6.01. The Bertz CT molecular complexity index is 887. The number of anilines is 3. The number of hydrogen-bond donors (Lipinski definition) is 1. The molecule has 0 aliphatic rings. The van der Waals surface area contributed by atoms with Gasteiger partial charge in [-0.2, -0.15) is 0 Å². The number of halogens is 1. The fourth-order valence-corrected chi connectivity index (χ4v) is 2.89. The number of nitrogens with one attached hydrogen (secondary N) is 1. The molecular weight excluding hydrogens is 356 g/mol. The summed E-state index contributed by atoms with van der Waals surface area (Å²) < 4.78 is 0. The average Bonchev–Trinajstić information content (AvgIpc) is 2.65. The Balaban J connectivity index is 1.89. The maximum Gasteiger partial charge on any atom is 0.225 e. The monoisotopic (exact) mass is 380 g/mol. The van der Waals surface area contributed by atoms with Gasteiger partial charge in [0.25, 0.3) is 0 Å². The van der Waals surface area contributed by atoms with E-state index >= 15 is 0 Å². The lowest BCUT2D eigenvalue weighted by atomic mass is 10.0. The predicted molar refractivity (Wildman–Crippen MR) is 114 cm³/mol. The second kappa shape index (κ2) is 8.40. The third-order valence-electron chi connectivity index (χ3n) is 4.40. The fraction of sp³-hybridized carbons (Fsp3) is 0.273. The van der Waals surface area contributed by atoms with Gasteiger partial charge in [-0.15, -0.1) is 0 Å². The van der Waals surface area contributed by atoms with E-state index in [1.54, 1.807) is 0 Å². The van der Waals surface area contributed by atoms with Gasteiger partial charge in [-0.3, -0.25) is 0 Å². The zero-order chi connectivity index (χ0) is 19.4. The van der Waals surface area contributed by atoms with Crippen molar-refractivity contribution in [1.82, 2.24) is 9.97 Å². The van der Waals surface area contributed by atoms with Crippen LogP contribution in [-0.4, -0.2) is 24.1 Å². The van der Waals surface area contributed by atoms with Gasteiger partial charge in [0, 0.05) is 31.2 Å². The summed E-state index contributed by atoms with van der Waals surface area (Å²) in [6, 6.07) is 16.4. The van der Waals surface area contributed by atoms with Crippen molar-refractivity contribution in [3.63, 3.8) is 0 Å². The number of rotatable bonds is 6. The highest BCUT2D eigenvalue weighted by atomic mass is 35.5. The van der Waals surface area contributed by atoms with Gasteiger partial charge >= 0.3 is 0 Å². The van der Waals surface area contributed by atoms with Gasteiger partial charge in [-0.1, -0.05) is 49.7 Å². The minimum Gasteiger partial charge on any atom is -0.353 e. The summed E-state index contributed by atoms with van der Waals surface area (Å²) in [5.74, 6) is 1.21. The largest absolute Gasteiger partial charge is 0.353 e. The molecule has 1 heterocycles. The van der Waals surface area contributed by atoms with Crippen LogP contribution in [0.3, 0.4) is 0 Å². The number of nitrogens with zero attached hydrogens (tertiary/aromatic N) is 3. The normalized spacial score (nSPS) is 10.9. The van der Waals surface area contributed by atoms with Gasteiger partial charge < -0.3 is 10.2 Å². The van der Waals surface area contributed by atoms with Crippen LogP contribution in [0.2, 0.25) is 5.02 Å². The third-order valence-corrected chi connectivity index (χ3v) is 4.65. The highest BCUT2D eigenvalue weighted by Crippen LogP contribution is 2.25. The summed E-state index contributed by atoms with van der Waals surface area (Å²) in [5, 5.41) is 4.20. The zero-order valence-electron chi connectivity index (χ0n) is 16.2. The van der Waals surface area contributed by atoms with E-state index in [1.165, 1.54) is 5.56 Å². The summed E-state index contributed by atoms with van der Waals surface area (Å²) in [5.41, 5.74) is 5.36. The van der Waals surface area contributed by atoms with E-state index in [4.69, 9.17) is 16.6 Å². The molecule has 0 aliphatic heterocycles. The van der Waals surface area contributed by atoms with Crippen LogP contribution in [0.5, 0.6) is 0 Å². The van der Waals surface area contributed by atoms with E-state index in [-0.39, 0.29) is 0 Å². The third kappa shape index (κ3) is 4.98. The van der Waals surface area contributed by atoms with Gasteiger partial charge in [0.2, 0.25) is 5.95 Å². The molecule has 0 saturated heterocycles. The molecular formula is C22H25ClN4. The van der Waals surface area contributed by atoms with Crippen molar-refractivity contribution in [3.8, 4) is 0 Å². The first-order chi connectivity index (χ1) is 12.9. The molecule has 0 atom stereocenters. The van der Waals surface area contributed by atoms with E-state index in [0.29, 0.717) is 18.3 Å². The average molecular weight is 381 g/mol. The molecule has 3 aromatic rings. The first-order valence-electron chi connectivity index (χ1n) is 9.07. The standard InChI is InChI=1S/C22H25ClN4/c1-15(2)17-7-11-19(12-8-17)25-21-14-24-22(27(3)4)26-20(21)13-16-5-9-18(23)10-6-16/h5-12,14-15,25H,13H2,1-4H3. The summed E-state index contributed by atoms with van der Waals surface area (Å²) in [6.45, 7) is 4.39. The lowest BCUT2D eigenvalue weighted by Gasteiger charge is -2.16. The van der Waals surface area contributed by atoms with Crippen LogP contribution in [-0.2, 0) is 6.42 Å². The van der Waals surface area contributed by atoms with Crippen LogP contribution < -0.4 is 10.2 Å². The molecule has 1 N–H and O–H groups in total. The summed E-state index contributed by atoms with van der Waals surface area (Å²) in [6.07, 6.45) is 2.55. The number of aromatic nitrogens is 2. The van der Waals surface area contributed by atoms with E-state index in [0.717, 1.165) is 27.7 Å². The second-order valence-electron chi connectivity index (χ2n) is 7.13. The van der Waals surface area contributed by atoms with Crippen molar-refractivity contribution in [2.45, 2.75) is 26.2 Å². The molecule has 1 aromatic heterocycles. The molecule has 27 heavy (non-hydrogen) atoms. The Kier molecular flexibility index (Phi) is 5.97. The van der Waals surface area contributed by atoms with Gasteiger partial charge in [0.05, 0.1) is 17.6 Å². The van der Waals surface area contributed by atoms with E-state index in [9.17, 15) is 0 Å². The van der Waals surface area contributed by atoms with E-state index < -0.39 is 0 Å². The molecule has 0 radical (unpaired) electrons. The van der Waals surface area contributed by atoms with Gasteiger partial charge in [-0.05, 0) is 41.3 Å². The van der Waals surface area contributed by atoms with Gasteiger partial charge in [0.15, 0.2) is 0 Å². The van der Waals surface area contributed by atoms with E-state index in [1.807, 2.05) is 49.5 Å². The summed E-state index contributed by atoms with van der Waals surface area (Å²) >= 11 is 6.01. The van der Waals surface area contributed by atoms with Crippen molar-refractivity contribution in [2.24, 2.45) is 0 Å². The molecule has 0 unspecified atom stereocenters. The molecule has 0 aliphatic carbocycles. The highest BCUT2D eigenvalue weighted by molar-refractivity contribution is 6.30. The van der Waals surface area contributed by atoms with Crippen LogP contribution in [0.25, 0.3) is 0 Å². The van der Waals surface area contributed by atoms with Gasteiger partial charge in [0.1, 0.15) is 0 Å². The highest BCUT2D eigenvalue weighted by Gasteiger charge is 2.11. The van der Waals surface area contributed by atoms with Crippen molar-refractivity contribution in [2.75, 3.05) is 24.3 Å². The SMILES string of the molecule is CC(C)c1ccc(Nc2cnc(N(C)C)nc2Cc2ccc(Cl)cc2)cc1. The molecule has 2 aromatic carbocycles. The number of hydrogen-bond acceptors (Lipinski definition) is 4. The van der Waals surface area contributed by atoms with Crippen LogP contribution in [0.1, 0.15) is 36.6 Å². The molecule has 0 bridgehead atoms. The molecule has 140 valence electrons. The lowest BCUT2D eigenvalue weighted by Crippen LogP contribution is -2.14. The molecule has 0 fully saturated rings. The minimum absolute atomic E-state index is 0.516. The Morgan fingerprint density at radius 2 is 1.67 bits per heavy atom. The van der Waals surface area contributed by atoms with Gasteiger partial charge in [-0.25, -0.2) is 9.97 Å². The smallest absolute Gasteiger partial charge is 0.225 e. The Labute approximate surface area is 166 Å². The minimum atomic E-state index is 0.516. The Morgan fingerprint density at radius 1 is 1.00 bits per heavy atom. The lowest BCUT2D eigenvalue weighted by molar-refractivity contribution is 0.867. The molecule has 0 amide bonds. The van der Waals surface area contributed by atoms with E-state index in [2.05, 4.69) is 48.4 Å². The number of benzene rings is 2. The van der Waals surface area contributed by atoms with Crippen molar-refractivity contribution >= 4 is 28.9 Å². The topological polar surface area (TPSA) is 41.1 Å². The van der Waals surface area contributed by atoms with Crippen LogP contribution in [0.15, 0.2) is 54.7 Å². The summed E-state index contributed by atoms with van der Waals surface area (Å²) in [7, 11) is 3.89. The van der Waals surface area contributed by atoms with Crippen LogP contribution in [0, 0.1) is 0 Å². The fourth-order valence-electron chi connectivity index (χ4n) is 2.76. The Morgan fingerprint density at radius 3 is 2.26 bits per heavy atom. The summed E-state index contributed by atoms with van der Waals surface area (Å²) in [4.78, 5) is 11.1. The first kappa shape index (κ1) is 19.2. The van der Waals surface area contributed by atoms with Crippen molar-refractivity contribution < 1.29 is 0 Å². The second-order valence-corrected chi connectivity index (χ2v) is 7.57. The Hall–Kier alpha value is -2.59.